The molecule has 1 heterocycles. The van der Waals surface area contributed by atoms with E-state index < -0.39 is 0 Å². The van der Waals surface area contributed by atoms with Crippen LogP contribution < -0.4 is 16.2 Å². The molecule has 4 N–H and O–H groups in total. The Balaban J connectivity index is 1.71. The van der Waals surface area contributed by atoms with Crippen molar-refractivity contribution < 1.29 is 9.90 Å². The maximum absolute atomic E-state index is 12.6. The molecule has 2 aliphatic rings. The van der Waals surface area contributed by atoms with Gasteiger partial charge in [-0.25, -0.2) is 0 Å². The van der Waals surface area contributed by atoms with Crippen molar-refractivity contribution in [3.05, 3.63) is 35.4 Å². The summed E-state index contributed by atoms with van der Waals surface area (Å²) in [5.41, 5.74) is 8.84. The van der Waals surface area contributed by atoms with Gasteiger partial charge in [-0.1, -0.05) is 24.3 Å². The maximum atomic E-state index is 12.6. The molecule has 0 radical (unpaired) electrons. The molecule has 1 aromatic rings. The highest BCUT2D eigenvalue weighted by atomic mass is 16.3. The monoisotopic (exact) mass is 317 g/mol. The number of aliphatic hydroxyl groups is 1. The lowest BCUT2D eigenvalue weighted by molar-refractivity contribution is -0.123. The number of hydrogen-bond acceptors (Lipinski definition) is 4. The third kappa shape index (κ3) is 3.42. The smallest absolute Gasteiger partial charge is 0.220 e. The van der Waals surface area contributed by atoms with Gasteiger partial charge in [-0.2, -0.15) is 0 Å². The molecule has 0 saturated carbocycles. The first-order chi connectivity index (χ1) is 11.1. The van der Waals surface area contributed by atoms with Gasteiger partial charge in [-0.05, 0) is 37.8 Å². The molecule has 5 heteroatoms. The number of hydrogen-bond donors (Lipinski definition) is 4. The number of rotatable bonds is 4. The highest BCUT2D eigenvalue weighted by Gasteiger charge is 2.34. The minimum atomic E-state index is -0.0783. The average molecular weight is 317 g/mol. The van der Waals surface area contributed by atoms with Gasteiger partial charge in [0.15, 0.2) is 0 Å². The highest BCUT2D eigenvalue weighted by Crippen LogP contribution is 2.34. The van der Waals surface area contributed by atoms with Crippen LogP contribution in [0.1, 0.15) is 43.9 Å². The van der Waals surface area contributed by atoms with Crippen LogP contribution in [0.4, 0.5) is 0 Å². The Hall–Kier alpha value is -1.43. The standard InChI is InChI=1S/C18H27N3O2/c1-11-16(12(2)21-20-11)9-17(23)19-18-14(10-22)8-7-13-5-3-4-6-15(13)18/h3-6,11-12,14,16,18,20-22H,7-10H2,1-2H3,(H,19,23). The first-order valence-electron chi connectivity index (χ1n) is 8.59. The van der Waals surface area contributed by atoms with Gasteiger partial charge in [-0.15, -0.1) is 0 Å². The first kappa shape index (κ1) is 16.4. The van der Waals surface area contributed by atoms with E-state index in [1.54, 1.807) is 0 Å². The normalized spacial score (nSPS) is 33.3. The molecule has 126 valence electrons. The molecular weight excluding hydrogens is 290 g/mol. The van der Waals surface area contributed by atoms with Gasteiger partial charge < -0.3 is 10.4 Å². The number of hydrazine groups is 1. The van der Waals surface area contributed by atoms with Gasteiger partial charge in [0, 0.05) is 36.9 Å². The van der Waals surface area contributed by atoms with E-state index in [-0.39, 0.29) is 42.5 Å². The van der Waals surface area contributed by atoms with E-state index in [1.165, 1.54) is 5.56 Å². The SMILES string of the molecule is CC1NNC(C)C1CC(=O)NC1c2ccccc2CCC1CO. The summed E-state index contributed by atoms with van der Waals surface area (Å²) in [5, 5.41) is 12.9. The molecule has 4 atom stereocenters. The van der Waals surface area contributed by atoms with Gasteiger partial charge in [0.2, 0.25) is 5.91 Å². The minimum absolute atomic E-state index is 0.0688. The fraction of sp³-hybridized carbons (Fsp3) is 0.611. The summed E-state index contributed by atoms with van der Waals surface area (Å²) in [6.07, 6.45) is 2.38. The third-order valence-corrected chi connectivity index (χ3v) is 5.44. The number of carbonyl (C=O) groups excluding carboxylic acids is 1. The van der Waals surface area contributed by atoms with Gasteiger partial charge in [0.05, 0.1) is 6.04 Å². The first-order valence-corrected chi connectivity index (χ1v) is 8.59. The molecule has 1 fully saturated rings. The summed E-state index contributed by atoms with van der Waals surface area (Å²) < 4.78 is 0. The van der Waals surface area contributed by atoms with E-state index in [0.29, 0.717) is 6.42 Å². The Kier molecular flexibility index (Phi) is 4.99. The van der Waals surface area contributed by atoms with Gasteiger partial charge in [0.25, 0.3) is 0 Å². The van der Waals surface area contributed by atoms with Crippen molar-refractivity contribution in [3.8, 4) is 0 Å². The summed E-state index contributed by atoms with van der Waals surface area (Å²) in [6, 6.07) is 8.72. The molecular formula is C18H27N3O2. The van der Waals surface area contributed by atoms with E-state index >= 15 is 0 Å². The quantitative estimate of drug-likeness (QED) is 0.675. The van der Waals surface area contributed by atoms with Crippen LogP contribution in [0.2, 0.25) is 0 Å². The predicted molar refractivity (Wildman–Crippen MR) is 89.5 cm³/mol. The molecule has 0 spiro atoms. The fourth-order valence-corrected chi connectivity index (χ4v) is 3.93. The van der Waals surface area contributed by atoms with Crippen LogP contribution in [0.5, 0.6) is 0 Å². The second kappa shape index (κ2) is 6.99. The summed E-state index contributed by atoms with van der Waals surface area (Å²) in [5.74, 6) is 0.448. The molecule has 5 nitrogen and oxygen atoms in total. The van der Waals surface area contributed by atoms with Crippen LogP contribution in [0.15, 0.2) is 24.3 Å². The number of carbonyl (C=O) groups is 1. The van der Waals surface area contributed by atoms with Crippen LogP contribution in [-0.2, 0) is 11.2 Å². The number of nitrogens with one attached hydrogen (secondary N) is 3. The molecule has 23 heavy (non-hydrogen) atoms. The largest absolute Gasteiger partial charge is 0.396 e. The lowest BCUT2D eigenvalue weighted by Gasteiger charge is -2.33. The Morgan fingerprint density at radius 2 is 1.96 bits per heavy atom. The van der Waals surface area contributed by atoms with E-state index in [1.807, 2.05) is 12.1 Å². The van der Waals surface area contributed by atoms with E-state index in [4.69, 9.17) is 0 Å². The zero-order valence-corrected chi connectivity index (χ0v) is 13.9. The van der Waals surface area contributed by atoms with Crippen molar-refractivity contribution in [1.82, 2.24) is 16.2 Å². The second-order valence-electron chi connectivity index (χ2n) is 6.96. The summed E-state index contributed by atoms with van der Waals surface area (Å²) in [6.45, 7) is 4.31. The van der Waals surface area contributed by atoms with Crippen molar-refractivity contribution in [2.45, 2.75) is 51.2 Å². The van der Waals surface area contributed by atoms with Gasteiger partial charge in [0.1, 0.15) is 0 Å². The Bertz CT molecular complexity index is 553. The molecule has 1 saturated heterocycles. The number of aliphatic hydroxyl groups excluding tert-OH is 1. The molecule has 0 bridgehead atoms. The predicted octanol–water partition coefficient (Wildman–Crippen LogP) is 1.29. The van der Waals surface area contributed by atoms with Gasteiger partial charge in [-0.3, -0.25) is 15.6 Å². The number of amides is 1. The third-order valence-electron chi connectivity index (χ3n) is 5.44. The lowest BCUT2D eigenvalue weighted by atomic mass is 9.80. The van der Waals surface area contributed by atoms with Crippen molar-refractivity contribution >= 4 is 5.91 Å². The topological polar surface area (TPSA) is 73.4 Å². The molecule has 1 amide bonds. The number of benzene rings is 1. The van der Waals surface area contributed by atoms with Crippen LogP contribution in [-0.4, -0.2) is 29.7 Å². The van der Waals surface area contributed by atoms with Crippen molar-refractivity contribution in [3.63, 3.8) is 0 Å². The second-order valence-corrected chi connectivity index (χ2v) is 6.96. The summed E-state index contributed by atoms with van der Waals surface area (Å²) in [4.78, 5) is 12.6. The summed E-state index contributed by atoms with van der Waals surface area (Å²) in [7, 11) is 0. The maximum Gasteiger partial charge on any atom is 0.220 e. The Morgan fingerprint density at radius 1 is 1.26 bits per heavy atom. The number of aryl methyl sites for hydroxylation is 1. The van der Waals surface area contributed by atoms with E-state index in [0.717, 1.165) is 18.4 Å². The van der Waals surface area contributed by atoms with Crippen molar-refractivity contribution in [2.24, 2.45) is 11.8 Å². The molecule has 1 aliphatic heterocycles. The number of fused-ring (bicyclic) bond motifs is 1. The van der Waals surface area contributed by atoms with Crippen molar-refractivity contribution in [1.29, 1.82) is 0 Å². The lowest BCUT2D eigenvalue weighted by Crippen LogP contribution is -2.40. The Labute approximate surface area is 137 Å². The minimum Gasteiger partial charge on any atom is -0.396 e. The fourth-order valence-electron chi connectivity index (χ4n) is 3.93. The summed E-state index contributed by atoms with van der Waals surface area (Å²) >= 11 is 0. The van der Waals surface area contributed by atoms with E-state index in [2.05, 4.69) is 42.1 Å². The average Bonchev–Trinajstić information content (AvgIpc) is 2.87. The zero-order chi connectivity index (χ0) is 16.4. The van der Waals surface area contributed by atoms with Crippen LogP contribution >= 0.6 is 0 Å². The molecule has 0 aromatic heterocycles. The molecule has 1 aromatic carbocycles. The van der Waals surface area contributed by atoms with Crippen LogP contribution in [0.25, 0.3) is 0 Å². The van der Waals surface area contributed by atoms with Crippen LogP contribution in [0.3, 0.4) is 0 Å². The Morgan fingerprint density at radius 3 is 2.65 bits per heavy atom. The molecule has 3 rings (SSSR count). The molecule has 4 unspecified atom stereocenters. The zero-order valence-electron chi connectivity index (χ0n) is 13.9. The molecule has 1 aliphatic carbocycles. The van der Waals surface area contributed by atoms with Crippen molar-refractivity contribution in [2.75, 3.05) is 6.61 Å². The van der Waals surface area contributed by atoms with Crippen LogP contribution in [0, 0.1) is 11.8 Å². The highest BCUT2D eigenvalue weighted by molar-refractivity contribution is 5.77. The van der Waals surface area contributed by atoms with Gasteiger partial charge >= 0.3 is 0 Å². The van der Waals surface area contributed by atoms with E-state index in [9.17, 15) is 9.90 Å².